The molecule has 0 saturated heterocycles. The molecule has 0 radical (unpaired) electrons. The first kappa shape index (κ1) is 15.9. The van der Waals surface area contributed by atoms with Crippen LogP contribution in [0.15, 0.2) is 41.8 Å². The Morgan fingerprint density at radius 1 is 1.23 bits per heavy atom. The third-order valence-electron chi connectivity index (χ3n) is 2.90. The van der Waals surface area contributed by atoms with Gasteiger partial charge in [0.05, 0.1) is 5.69 Å². The SMILES string of the molecule is C=C(C)C(=O)Nc1nc(-c2ccc(CNC(C)=O)cc2)cs1. The molecule has 0 spiro atoms. The Hall–Kier alpha value is -2.47. The van der Waals surface area contributed by atoms with Gasteiger partial charge in [-0.2, -0.15) is 0 Å². The maximum absolute atomic E-state index is 11.6. The molecule has 2 N–H and O–H groups in total. The fourth-order valence-corrected chi connectivity index (χ4v) is 2.40. The van der Waals surface area contributed by atoms with Crippen LogP contribution < -0.4 is 10.6 Å². The molecule has 0 saturated carbocycles. The lowest BCUT2D eigenvalue weighted by Gasteiger charge is -2.03. The molecule has 6 heteroatoms. The van der Waals surface area contributed by atoms with Crippen molar-refractivity contribution in [3.63, 3.8) is 0 Å². The van der Waals surface area contributed by atoms with Crippen molar-refractivity contribution in [3.05, 3.63) is 47.4 Å². The van der Waals surface area contributed by atoms with Gasteiger partial charge in [-0.3, -0.25) is 14.9 Å². The van der Waals surface area contributed by atoms with Gasteiger partial charge < -0.3 is 5.32 Å². The van der Waals surface area contributed by atoms with E-state index in [1.54, 1.807) is 6.92 Å². The molecule has 2 amide bonds. The van der Waals surface area contributed by atoms with Crippen LogP contribution in [0.1, 0.15) is 19.4 Å². The minimum absolute atomic E-state index is 0.0542. The number of nitrogens with one attached hydrogen (secondary N) is 2. The minimum atomic E-state index is -0.230. The monoisotopic (exact) mass is 315 g/mol. The molecule has 0 aliphatic heterocycles. The van der Waals surface area contributed by atoms with E-state index in [0.717, 1.165) is 16.8 Å². The number of nitrogens with zero attached hydrogens (tertiary/aromatic N) is 1. The zero-order chi connectivity index (χ0) is 16.1. The summed E-state index contributed by atoms with van der Waals surface area (Å²) in [6, 6.07) is 7.76. The van der Waals surface area contributed by atoms with E-state index in [1.807, 2.05) is 29.6 Å². The van der Waals surface area contributed by atoms with Gasteiger partial charge in [0.15, 0.2) is 5.13 Å². The molecular weight excluding hydrogens is 298 g/mol. The molecule has 0 fully saturated rings. The summed E-state index contributed by atoms with van der Waals surface area (Å²) in [5.41, 5.74) is 3.22. The van der Waals surface area contributed by atoms with E-state index in [-0.39, 0.29) is 11.8 Å². The van der Waals surface area contributed by atoms with Gasteiger partial charge in [-0.05, 0) is 12.5 Å². The molecule has 1 heterocycles. The number of rotatable bonds is 5. The van der Waals surface area contributed by atoms with Crippen molar-refractivity contribution in [2.24, 2.45) is 0 Å². The van der Waals surface area contributed by atoms with E-state index in [4.69, 9.17) is 0 Å². The summed E-state index contributed by atoms with van der Waals surface area (Å²) in [6.07, 6.45) is 0. The quantitative estimate of drug-likeness (QED) is 0.833. The van der Waals surface area contributed by atoms with Gasteiger partial charge in [0.25, 0.3) is 5.91 Å². The van der Waals surface area contributed by atoms with Gasteiger partial charge in [0.1, 0.15) is 0 Å². The molecule has 2 aromatic rings. The summed E-state index contributed by atoms with van der Waals surface area (Å²) in [5.74, 6) is -0.284. The van der Waals surface area contributed by atoms with Crippen molar-refractivity contribution in [3.8, 4) is 11.3 Å². The summed E-state index contributed by atoms with van der Waals surface area (Å²) in [7, 11) is 0. The minimum Gasteiger partial charge on any atom is -0.352 e. The van der Waals surface area contributed by atoms with Gasteiger partial charge in [-0.15, -0.1) is 11.3 Å². The number of hydrogen-bond donors (Lipinski definition) is 2. The van der Waals surface area contributed by atoms with Crippen LogP contribution in [0.25, 0.3) is 11.3 Å². The predicted octanol–water partition coefficient (Wildman–Crippen LogP) is 2.96. The largest absolute Gasteiger partial charge is 0.352 e. The van der Waals surface area contributed by atoms with Crippen LogP contribution in [0.4, 0.5) is 5.13 Å². The maximum atomic E-state index is 11.6. The average Bonchev–Trinajstić information content (AvgIpc) is 2.94. The molecule has 0 aliphatic rings. The Bertz CT molecular complexity index is 704. The Balaban J connectivity index is 2.06. The third kappa shape index (κ3) is 4.26. The number of carbonyl (C=O) groups excluding carboxylic acids is 2. The lowest BCUT2D eigenvalue weighted by atomic mass is 10.1. The van der Waals surface area contributed by atoms with E-state index in [9.17, 15) is 9.59 Å². The van der Waals surface area contributed by atoms with Gasteiger partial charge in [0.2, 0.25) is 5.91 Å². The summed E-state index contributed by atoms with van der Waals surface area (Å²) in [6.45, 7) is 7.24. The average molecular weight is 315 g/mol. The Labute approximate surface area is 133 Å². The van der Waals surface area contributed by atoms with Crippen LogP contribution in [0.3, 0.4) is 0 Å². The second kappa shape index (κ2) is 7.00. The van der Waals surface area contributed by atoms with Crippen molar-refractivity contribution >= 4 is 28.3 Å². The number of anilines is 1. The van der Waals surface area contributed by atoms with Crippen molar-refractivity contribution in [2.45, 2.75) is 20.4 Å². The second-order valence-corrected chi connectivity index (χ2v) is 5.74. The molecule has 5 nitrogen and oxygen atoms in total. The number of amides is 2. The summed E-state index contributed by atoms with van der Waals surface area (Å²) >= 11 is 1.37. The molecule has 0 bridgehead atoms. The van der Waals surface area contributed by atoms with Crippen LogP contribution in [-0.4, -0.2) is 16.8 Å². The van der Waals surface area contributed by atoms with Gasteiger partial charge in [0, 0.05) is 30.0 Å². The first-order chi connectivity index (χ1) is 10.5. The molecule has 1 aromatic carbocycles. The first-order valence-electron chi connectivity index (χ1n) is 6.72. The number of aromatic nitrogens is 1. The van der Waals surface area contributed by atoms with Crippen LogP contribution >= 0.6 is 11.3 Å². The highest BCUT2D eigenvalue weighted by Crippen LogP contribution is 2.25. The molecule has 114 valence electrons. The Morgan fingerprint density at radius 3 is 2.50 bits per heavy atom. The fraction of sp³-hybridized carbons (Fsp3) is 0.188. The Morgan fingerprint density at radius 2 is 1.91 bits per heavy atom. The Kier molecular flexibility index (Phi) is 5.06. The van der Waals surface area contributed by atoms with Crippen LogP contribution in [0.2, 0.25) is 0 Å². The molecule has 0 unspecified atom stereocenters. The molecule has 0 aliphatic carbocycles. The zero-order valence-electron chi connectivity index (χ0n) is 12.5. The molecule has 2 rings (SSSR count). The van der Waals surface area contributed by atoms with Gasteiger partial charge >= 0.3 is 0 Å². The molecular formula is C16H17N3O2S. The zero-order valence-corrected chi connectivity index (χ0v) is 13.3. The predicted molar refractivity (Wildman–Crippen MR) is 88.5 cm³/mol. The first-order valence-corrected chi connectivity index (χ1v) is 7.60. The van der Waals surface area contributed by atoms with E-state index < -0.39 is 0 Å². The summed E-state index contributed by atoms with van der Waals surface area (Å²) < 4.78 is 0. The number of benzene rings is 1. The maximum Gasteiger partial charge on any atom is 0.252 e. The molecule has 1 aromatic heterocycles. The molecule has 0 atom stereocenters. The van der Waals surface area contributed by atoms with Gasteiger partial charge in [-0.25, -0.2) is 4.98 Å². The van der Waals surface area contributed by atoms with Crippen molar-refractivity contribution in [1.29, 1.82) is 0 Å². The number of thiazole rings is 1. The highest BCUT2D eigenvalue weighted by Gasteiger charge is 2.08. The third-order valence-corrected chi connectivity index (χ3v) is 3.66. The lowest BCUT2D eigenvalue weighted by Crippen LogP contribution is -2.18. The van der Waals surface area contributed by atoms with Crippen molar-refractivity contribution < 1.29 is 9.59 Å². The number of hydrogen-bond acceptors (Lipinski definition) is 4. The second-order valence-electron chi connectivity index (χ2n) is 4.88. The van der Waals surface area contributed by atoms with E-state index in [2.05, 4.69) is 22.2 Å². The molecule has 22 heavy (non-hydrogen) atoms. The summed E-state index contributed by atoms with van der Waals surface area (Å²) in [5, 5.41) is 7.88. The van der Waals surface area contributed by atoms with E-state index in [1.165, 1.54) is 18.3 Å². The highest BCUT2D eigenvalue weighted by atomic mass is 32.1. The highest BCUT2D eigenvalue weighted by molar-refractivity contribution is 7.14. The topological polar surface area (TPSA) is 71.1 Å². The van der Waals surface area contributed by atoms with E-state index >= 15 is 0 Å². The number of carbonyl (C=O) groups is 2. The van der Waals surface area contributed by atoms with Crippen molar-refractivity contribution in [2.75, 3.05) is 5.32 Å². The fourth-order valence-electron chi connectivity index (χ4n) is 1.69. The lowest BCUT2D eigenvalue weighted by molar-refractivity contribution is -0.119. The smallest absolute Gasteiger partial charge is 0.252 e. The van der Waals surface area contributed by atoms with Crippen molar-refractivity contribution in [1.82, 2.24) is 10.3 Å². The van der Waals surface area contributed by atoms with E-state index in [0.29, 0.717) is 17.2 Å². The van der Waals surface area contributed by atoms with Gasteiger partial charge in [-0.1, -0.05) is 30.8 Å². The standard InChI is InChI=1S/C16H17N3O2S/c1-10(2)15(21)19-16-18-14(9-22-16)13-6-4-12(5-7-13)8-17-11(3)20/h4-7,9H,1,8H2,2-3H3,(H,17,20)(H,18,19,21). The van der Waals surface area contributed by atoms with Crippen LogP contribution in [-0.2, 0) is 16.1 Å². The van der Waals surface area contributed by atoms with Crippen LogP contribution in [0, 0.1) is 0 Å². The summed E-state index contributed by atoms with van der Waals surface area (Å²) in [4.78, 5) is 26.8. The normalized spacial score (nSPS) is 10.1. The van der Waals surface area contributed by atoms with Crippen LogP contribution in [0.5, 0.6) is 0 Å².